The van der Waals surface area contributed by atoms with E-state index in [1.54, 1.807) is 0 Å². The first kappa shape index (κ1) is 22.1. The largest absolute Gasteiger partial charge is 0.393 e. The van der Waals surface area contributed by atoms with E-state index < -0.39 is 0 Å². The van der Waals surface area contributed by atoms with Crippen molar-refractivity contribution in [2.45, 2.75) is 117 Å². The summed E-state index contributed by atoms with van der Waals surface area (Å²) in [5.41, 5.74) is 1.02. The van der Waals surface area contributed by atoms with Crippen LogP contribution in [0.4, 0.5) is 0 Å². The molecule has 0 spiro atoms. The third-order valence-electron chi connectivity index (χ3n) is 11.1. The molecule has 0 saturated heterocycles. The molecule has 4 rings (SSSR count). The van der Waals surface area contributed by atoms with E-state index in [2.05, 4.69) is 34.6 Å². The van der Waals surface area contributed by atoms with Gasteiger partial charge >= 0.3 is 0 Å². The summed E-state index contributed by atoms with van der Waals surface area (Å²) < 4.78 is 0. The second kappa shape index (κ2) is 8.12. The molecule has 1 unspecified atom stereocenters. The lowest BCUT2D eigenvalue weighted by Crippen LogP contribution is -2.54. The van der Waals surface area contributed by atoms with Gasteiger partial charge in [-0.05, 0) is 123 Å². The fourth-order valence-corrected chi connectivity index (χ4v) is 9.18. The van der Waals surface area contributed by atoms with E-state index in [0.29, 0.717) is 16.7 Å². The van der Waals surface area contributed by atoms with Crippen LogP contribution in [0, 0.1) is 52.3 Å². The van der Waals surface area contributed by atoms with Crippen LogP contribution >= 0.6 is 0 Å². The number of hydrogen-bond donors (Lipinski definition) is 2. The quantitative estimate of drug-likeness (QED) is 0.553. The van der Waals surface area contributed by atoms with Gasteiger partial charge in [-0.2, -0.15) is 0 Å². The summed E-state index contributed by atoms with van der Waals surface area (Å²) in [7, 11) is 0. The van der Waals surface area contributed by atoms with Gasteiger partial charge in [0.1, 0.15) is 0 Å². The molecule has 0 amide bonds. The average molecular weight is 405 g/mol. The molecule has 0 aromatic rings. The van der Waals surface area contributed by atoms with Gasteiger partial charge in [-0.25, -0.2) is 0 Å². The topological polar surface area (TPSA) is 40.5 Å². The van der Waals surface area contributed by atoms with Crippen molar-refractivity contribution in [3.05, 3.63) is 0 Å². The molecule has 4 fully saturated rings. The van der Waals surface area contributed by atoms with Crippen LogP contribution in [0.1, 0.15) is 105 Å². The van der Waals surface area contributed by atoms with Crippen LogP contribution in [0.25, 0.3) is 0 Å². The maximum absolute atomic E-state index is 10.3. The zero-order chi connectivity index (χ0) is 21.0. The van der Waals surface area contributed by atoms with E-state index >= 15 is 0 Å². The van der Waals surface area contributed by atoms with Crippen molar-refractivity contribution in [3.8, 4) is 0 Å². The number of fused-ring (bicyclic) bond motifs is 5. The van der Waals surface area contributed by atoms with Crippen LogP contribution in [0.5, 0.6) is 0 Å². The molecular formula is C27H48O2. The van der Waals surface area contributed by atoms with Crippen LogP contribution < -0.4 is 0 Å². The van der Waals surface area contributed by atoms with Crippen LogP contribution in [-0.2, 0) is 0 Å². The standard InChI is InChI=1S/C27H48O2/c1-17(2)25(29)11-6-18(3)22-9-10-23-21-8-7-19-16-20(28)12-14-26(19,4)24(21)13-15-27(22,23)5/h17-25,28-29H,6-16H2,1-5H3/t18-,19-,20-,21+,22-,23+,24+,25?,26+,27-/m1/s1. The van der Waals surface area contributed by atoms with Gasteiger partial charge in [0, 0.05) is 0 Å². The lowest BCUT2D eigenvalue weighted by atomic mass is 9.44. The predicted octanol–water partition coefficient (Wildman–Crippen LogP) is 6.44. The minimum Gasteiger partial charge on any atom is -0.393 e. The highest BCUT2D eigenvalue weighted by Crippen LogP contribution is 2.68. The summed E-state index contributed by atoms with van der Waals surface area (Å²) in [6, 6.07) is 0. The SMILES string of the molecule is CC(C)C(O)CC[C@@H](C)[C@H]1CC[C@H]2[C@@H]3CC[C@@H]4C[C@H](O)CC[C@]4(C)[C@H]3CC[C@]12C. The summed E-state index contributed by atoms with van der Waals surface area (Å²) in [5, 5.41) is 20.6. The zero-order valence-electron chi connectivity index (χ0n) is 19.9. The minimum absolute atomic E-state index is 0.0311. The molecule has 2 N–H and O–H groups in total. The van der Waals surface area contributed by atoms with Gasteiger partial charge in [0.2, 0.25) is 0 Å². The second-order valence-corrected chi connectivity index (χ2v) is 12.7. The van der Waals surface area contributed by atoms with Gasteiger partial charge in [-0.1, -0.05) is 34.6 Å². The second-order valence-electron chi connectivity index (χ2n) is 12.7. The number of hydrogen-bond acceptors (Lipinski definition) is 2. The number of rotatable bonds is 5. The van der Waals surface area contributed by atoms with Crippen LogP contribution in [0.15, 0.2) is 0 Å². The Bertz CT molecular complexity index is 573. The molecular weight excluding hydrogens is 356 g/mol. The maximum Gasteiger partial charge on any atom is 0.0563 e. The lowest BCUT2D eigenvalue weighted by Gasteiger charge is -2.61. The van der Waals surface area contributed by atoms with Crippen LogP contribution in [0.3, 0.4) is 0 Å². The van der Waals surface area contributed by atoms with Crippen molar-refractivity contribution in [2.24, 2.45) is 52.3 Å². The van der Waals surface area contributed by atoms with Crippen LogP contribution in [0.2, 0.25) is 0 Å². The van der Waals surface area contributed by atoms with Crippen molar-refractivity contribution >= 4 is 0 Å². The van der Waals surface area contributed by atoms with Gasteiger partial charge in [0.15, 0.2) is 0 Å². The van der Waals surface area contributed by atoms with Crippen molar-refractivity contribution in [2.75, 3.05) is 0 Å². The Labute approximate surface area is 180 Å². The monoisotopic (exact) mass is 404 g/mol. The summed E-state index contributed by atoms with van der Waals surface area (Å²) in [6.45, 7) is 12.0. The first-order valence-corrected chi connectivity index (χ1v) is 13.0. The molecule has 4 saturated carbocycles. The van der Waals surface area contributed by atoms with Gasteiger partial charge < -0.3 is 10.2 Å². The molecule has 0 radical (unpaired) electrons. The molecule has 2 heteroatoms. The van der Waals surface area contributed by atoms with E-state index in [1.165, 1.54) is 51.4 Å². The molecule has 0 aromatic heterocycles. The smallest absolute Gasteiger partial charge is 0.0563 e. The van der Waals surface area contributed by atoms with Gasteiger partial charge in [0.05, 0.1) is 12.2 Å². The molecule has 10 atom stereocenters. The van der Waals surface area contributed by atoms with Gasteiger partial charge in [-0.15, -0.1) is 0 Å². The van der Waals surface area contributed by atoms with E-state index in [9.17, 15) is 10.2 Å². The average Bonchev–Trinajstić information content (AvgIpc) is 3.03. The van der Waals surface area contributed by atoms with Gasteiger partial charge in [0.25, 0.3) is 0 Å². The molecule has 0 bridgehead atoms. The van der Waals surface area contributed by atoms with E-state index in [1.807, 2.05) is 0 Å². The van der Waals surface area contributed by atoms with Crippen LogP contribution in [-0.4, -0.2) is 22.4 Å². The molecule has 0 heterocycles. The Hall–Kier alpha value is -0.0800. The highest BCUT2D eigenvalue weighted by Gasteiger charge is 2.60. The maximum atomic E-state index is 10.3. The highest BCUT2D eigenvalue weighted by molar-refractivity contribution is 5.09. The summed E-state index contributed by atoms with van der Waals surface area (Å²) in [6.07, 6.45) is 13.9. The summed E-state index contributed by atoms with van der Waals surface area (Å²) in [5.74, 6) is 5.51. The van der Waals surface area contributed by atoms with Gasteiger partial charge in [-0.3, -0.25) is 0 Å². The highest BCUT2D eigenvalue weighted by atomic mass is 16.3. The van der Waals surface area contributed by atoms with E-state index in [0.717, 1.165) is 54.8 Å². The summed E-state index contributed by atoms with van der Waals surface area (Å²) in [4.78, 5) is 0. The zero-order valence-corrected chi connectivity index (χ0v) is 19.9. The molecule has 2 nitrogen and oxygen atoms in total. The van der Waals surface area contributed by atoms with Crippen molar-refractivity contribution in [3.63, 3.8) is 0 Å². The van der Waals surface area contributed by atoms with E-state index in [4.69, 9.17) is 0 Å². The first-order chi connectivity index (χ1) is 13.7. The summed E-state index contributed by atoms with van der Waals surface area (Å²) >= 11 is 0. The molecule has 0 aliphatic heterocycles. The molecule has 168 valence electrons. The Kier molecular flexibility index (Phi) is 6.19. The van der Waals surface area contributed by atoms with E-state index in [-0.39, 0.29) is 12.2 Å². The molecule has 0 aromatic carbocycles. The van der Waals surface area contributed by atoms with Crippen molar-refractivity contribution in [1.29, 1.82) is 0 Å². The predicted molar refractivity (Wildman–Crippen MR) is 120 cm³/mol. The first-order valence-electron chi connectivity index (χ1n) is 13.0. The van der Waals surface area contributed by atoms with Crippen molar-refractivity contribution in [1.82, 2.24) is 0 Å². The minimum atomic E-state index is -0.130. The Morgan fingerprint density at radius 1 is 0.828 bits per heavy atom. The number of aliphatic hydroxyl groups excluding tert-OH is 2. The molecule has 29 heavy (non-hydrogen) atoms. The fraction of sp³-hybridized carbons (Fsp3) is 1.00. The Morgan fingerprint density at radius 2 is 1.52 bits per heavy atom. The molecule has 4 aliphatic rings. The lowest BCUT2D eigenvalue weighted by molar-refractivity contribution is -0.129. The normalized spacial score (nSPS) is 49.2. The van der Waals surface area contributed by atoms with Crippen molar-refractivity contribution < 1.29 is 10.2 Å². The Morgan fingerprint density at radius 3 is 2.24 bits per heavy atom. The third-order valence-corrected chi connectivity index (χ3v) is 11.1. The Balaban J connectivity index is 1.46. The molecule has 4 aliphatic carbocycles. The fourth-order valence-electron chi connectivity index (χ4n) is 9.18. The number of aliphatic hydroxyl groups is 2. The third kappa shape index (κ3) is 3.73.